The monoisotopic (exact) mass is 554 g/mol. The Balaban J connectivity index is 1.81. The quantitative estimate of drug-likeness (QED) is 0.241. The maximum atomic E-state index is 17.5. The van der Waals surface area contributed by atoms with E-state index in [-0.39, 0.29) is 24.8 Å². The highest BCUT2D eigenvalue weighted by atomic mass is 32.2. The fourth-order valence-corrected chi connectivity index (χ4v) is 9.77. The van der Waals surface area contributed by atoms with E-state index in [1.165, 1.54) is 19.9 Å². The Morgan fingerprint density at radius 1 is 1.28 bits per heavy atom. The van der Waals surface area contributed by atoms with Crippen LogP contribution in [0.25, 0.3) is 0 Å². The number of rotatable bonds is 5. The molecule has 0 aromatic rings. The van der Waals surface area contributed by atoms with E-state index in [1.54, 1.807) is 6.92 Å². The number of fused-ring (bicyclic) bond motifs is 5. The molecule has 4 aliphatic carbocycles. The van der Waals surface area contributed by atoms with Crippen molar-refractivity contribution >= 4 is 29.5 Å². The van der Waals surface area contributed by atoms with E-state index in [2.05, 4.69) is 4.52 Å². The summed E-state index contributed by atoms with van der Waals surface area (Å²) in [6.07, 6.45) is -1.49. The number of aliphatic hydroxyl groups excluding tert-OH is 1. The van der Waals surface area contributed by atoms with E-state index in [0.29, 0.717) is 0 Å². The van der Waals surface area contributed by atoms with Crippen LogP contribution in [0.5, 0.6) is 0 Å². The van der Waals surface area contributed by atoms with Crippen molar-refractivity contribution in [3.63, 3.8) is 0 Å². The summed E-state index contributed by atoms with van der Waals surface area (Å²) in [5, 5.41) is 21.2. The maximum Gasteiger partial charge on any atom is 0.470 e. The second-order valence-electron chi connectivity index (χ2n) is 11.3. The lowest BCUT2D eigenvalue weighted by molar-refractivity contribution is -0.227. The normalized spacial score (nSPS) is 47.0. The number of allylic oxidation sites excluding steroid dienone is 1. The first-order chi connectivity index (χ1) is 16.2. The van der Waals surface area contributed by atoms with E-state index in [0.717, 1.165) is 0 Å². The SMILES string of the molecule is C[C@@H]1C[C@H]2[C@@H]3CCC4=CC(=O)C[C@@H](S(=O)(=O)O)[C@]4(C)[C@@]3(F)[C@@H](O)C[C@]2(C)[C@@]1(O)C(=O)COP(=O)(O)O. The summed E-state index contributed by atoms with van der Waals surface area (Å²) in [4.78, 5) is 43.3. The molecule has 0 amide bonds. The number of phosphoric ester groups is 1. The number of phosphoric acid groups is 1. The molecule has 36 heavy (non-hydrogen) atoms. The highest BCUT2D eigenvalue weighted by Gasteiger charge is 2.77. The predicted molar refractivity (Wildman–Crippen MR) is 122 cm³/mol. The van der Waals surface area contributed by atoms with E-state index in [4.69, 9.17) is 9.79 Å². The molecule has 4 aliphatic rings. The van der Waals surface area contributed by atoms with Crippen molar-refractivity contribution in [2.75, 3.05) is 6.61 Å². The summed E-state index contributed by atoms with van der Waals surface area (Å²) in [7, 11) is -9.94. The fourth-order valence-electron chi connectivity index (χ4n) is 8.19. The van der Waals surface area contributed by atoms with Gasteiger partial charge in [-0.15, -0.1) is 0 Å². The van der Waals surface area contributed by atoms with Crippen molar-refractivity contribution in [2.24, 2.45) is 28.6 Å². The third-order valence-electron chi connectivity index (χ3n) is 9.84. The molecular weight excluding hydrogens is 522 g/mol. The van der Waals surface area contributed by atoms with Crippen LogP contribution in [0, 0.1) is 28.6 Å². The summed E-state index contributed by atoms with van der Waals surface area (Å²) in [6, 6.07) is 0. The van der Waals surface area contributed by atoms with Crippen LogP contribution in [0.15, 0.2) is 11.6 Å². The Morgan fingerprint density at radius 2 is 1.89 bits per heavy atom. The van der Waals surface area contributed by atoms with Gasteiger partial charge in [-0.1, -0.05) is 26.3 Å². The number of hydrogen-bond acceptors (Lipinski definition) is 8. The van der Waals surface area contributed by atoms with Crippen LogP contribution in [-0.4, -0.2) is 73.8 Å². The van der Waals surface area contributed by atoms with Gasteiger partial charge in [0.05, 0.1) is 6.10 Å². The molecule has 0 aromatic heterocycles. The van der Waals surface area contributed by atoms with E-state index in [1.807, 2.05) is 0 Å². The van der Waals surface area contributed by atoms with Gasteiger partial charge in [-0.2, -0.15) is 8.42 Å². The van der Waals surface area contributed by atoms with Gasteiger partial charge in [0.1, 0.15) is 23.1 Å². The molecule has 0 radical (unpaired) electrons. The molecule has 0 unspecified atom stereocenters. The number of hydrogen-bond donors (Lipinski definition) is 5. The lowest BCUT2D eigenvalue weighted by Gasteiger charge is -2.64. The number of ketones is 2. The van der Waals surface area contributed by atoms with Crippen molar-refractivity contribution in [3.05, 3.63) is 11.6 Å². The van der Waals surface area contributed by atoms with Crippen LogP contribution in [0.1, 0.15) is 52.9 Å². The molecule has 14 heteroatoms. The molecular formula is C22H32FO11PS. The molecule has 0 aliphatic heterocycles. The van der Waals surface area contributed by atoms with Crippen molar-refractivity contribution in [1.82, 2.24) is 0 Å². The van der Waals surface area contributed by atoms with Crippen LogP contribution >= 0.6 is 7.82 Å². The number of Topliss-reactive ketones (excluding diaryl/α,β-unsaturated/α-hetero) is 1. The van der Waals surface area contributed by atoms with Gasteiger partial charge >= 0.3 is 7.82 Å². The van der Waals surface area contributed by atoms with Gasteiger partial charge in [0.15, 0.2) is 11.6 Å². The van der Waals surface area contributed by atoms with Gasteiger partial charge in [0, 0.05) is 23.2 Å². The van der Waals surface area contributed by atoms with Crippen LogP contribution < -0.4 is 0 Å². The number of halogens is 1. The van der Waals surface area contributed by atoms with Crippen LogP contribution in [-0.2, 0) is 28.8 Å². The van der Waals surface area contributed by atoms with Gasteiger partial charge in [-0.25, -0.2) is 8.96 Å². The lowest BCUT2D eigenvalue weighted by atomic mass is 9.43. The second kappa shape index (κ2) is 8.22. The van der Waals surface area contributed by atoms with Crippen molar-refractivity contribution < 1.29 is 56.0 Å². The summed E-state index contributed by atoms with van der Waals surface area (Å²) < 4.78 is 67.7. The first kappa shape index (κ1) is 28.0. The number of carbonyl (C=O) groups excluding carboxylic acids is 2. The first-order valence-corrected chi connectivity index (χ1v) is 14.8. The van der Waals surface area contributed by atoms with Gasteiger partial charge in [0.2, 0.25) is 0 Å². The highest BCUT2D eigenvalue weighted by molar-refractivity contribution is 7.86. The minimum atomic E-state index is -5.02. The van der Waals surface area contributed by atoms with Gasteiger partial charge in [-0.05, 0) is 43.6 Å². The fraction of sp³-hybridized carbons (Fsp3) is 0.818. The molecule has 4 rings (SSSR count). The molecule has 0 spiro atoms. The number of carbonyl (C=O) groups is 2. The zero-order valence-corrected chi connectivity index (χ0v) is 21.8. The largest absolute Gasteiger partial charge is 0.470 e. The summed E-state index contributed by atoms with van der Waals surface area (Å²) >= 11 is 0. The number of alkyl halides is 1. The topological polar surface area (TPSA) is 196 Å². The lowest BCUT2D eigenvalue weighted by Crippen LogP contribution is -2.72. The average molecular weight is 555 g/mol. The third kappa shape index (κ3) is 3.58. The van der Waals surface area contributed by atoms with Crippen molar-refractivity contribution in [1.29, 1.82) is 0 Å². The van der Waals surface area contributed by atoms with Gasteiger partial charge in [-0.3, -0.25) is 18.7 Å². The zero-order chi connectivity index (χ0) is 27.3. The van der Waals surface area contributed by atoms with E-state index < -0.39 is 100 Å². The van der Waals surface area contributed by atoms with Gasteiger partial charge in [0.25, 0.3) is 10.1 Å². The minimum absolute atomic E-state index is 0.0939. The van der Waals surface area contributed by atoms with Crippen molar-refractivity contribution in [2.45, 2.75) is 75.5 Å². The summed E-state index contributed by atoms with van der Waals surface area (Å²) in [5.41, 5.74) is -8.00. The number of aliphatic hydroxyl groups is 2. The molecule has 0 bridgehead atoms. The summed E-state index contributed by atoms with van der Waals surface area (Å²) in [5.74, 6) is -4.16. The summed E-state index contributed by atoms with van der Waals surface area (Å²) in [6.45, 7) is 3.26. The molecule has 3 fully saturated rings. The Hall–Kier alpha value is -1.05. The first-order valence-electron chi connectivity index (χ1n) is 11.8. The standard InChI is InChI=1S/C22H32FO11PS/c1-11-6-15-14-5-4-12-7-13(24)8-18(36(31,32)33)20(12,3)21(14,23)16(25)9-19(15,2)22(11,27)17(26)10-34-35(28,29)30/h7,11,14-16,18,25,27H,4-6,8-10H2,1-3H3,(H2,28,29,30)(H,31,32,33)/t11-,14+,15+,16+,18-,19+,20-,21+,22+/m1/s1. The second-order valence-corrected chi connectivity index (χ2v) is 14.1. The molecule has 3 saturated carbocycles. The van der Waals surface area contributed by atoms with Crippen LogP contribution in [0.2, 0.25) is 0 Å². The van der Waals surface area contributed by atoms with Crippen LogP contribution in [0.3, 0.4) is 0 Å². The van der Waals surface area contributed by atoms with Crippen molar-refractivity contribution in [3.8, 4) is 0 Å². The molecule has 0 aromatic carbocycles. The molecule has 5 N–H and O–H groups in total. The molecule has 11 nitrogen and oxygen atoms in total. The van der Waals surface area contributed by atoms with Crippen LogP contribution in [0.4, 0.5) is 4.39 Å². The molecule has 204 valence electrons. The zero-order valence-electron chi connectivity index (χ0n) is 20.1. The molecule has 0 saturated heterocycles. The Morgan fingerprint density at radius 3 is 2.44 bits per heavy atom. The molecule has 0 heterocycles. The average Bonchev–Trinajstić information content (AvgIpc) is 2.93. The Kier molecular flexibility index (Phi) is 6.39. The highest BCUT2D eigenvalue weighted by Crippen LogP contribution is 2.71. The maximum absolute atomic E-state index is 17.5. The minimum Gasteiger partial charge on any atom is -0.390 e. The smallest absolute Gasteiger partial charge is 0.390 e. The van der Waals surface area contributed by atoms with E-state index >= 15 is 4.39 Å². The third-order valence-corrected chi connectivity index (χ3v) is 11.7. The van der Waals surface area contributed by atoms with E-state index in [9.17, 15) is 37.3 Å². The predicted octanol–water partition coefficient (Wildman–Crippen LogP) is 1.10. The Labute approximate surface area is 208 Å². The molecule has 9 atom stereocenters. The Bertz CT molecular complexity index is 1180. The van der Waals surface area contributed by atoms with Gasteiger partial charge < -0.3 is 20.0 Å².